The van der Waals surface area contributed by atoms with Crippen LogP contribution in [0.4, 0.5) is 5.69 Å². The fourth-order valence-electron chi connectivity index (χ4n) is 4.57. The fourth-order valence-corrected chi connectivity index (χ4v) is 7.38. The molecule has 12 heteroatoms. The van der Waals surface area contributed by atoms with E-state index in [1.807, 2.05) is 13.0 Å². The molecule has 218 valence electrons. The molecule has 2 unspecified atom stereocenters. The number of nitrogens with zero attached hydrogens (tertiary/aromatic N) is 2. The van der Waals surface area contributed by atoms with Gasteiger partial charge in [0.2, 0.25) is 5.52 Å². The molecule has 2 atom stereocenters. The number of thioether (sulfide) groups is 1. The predicted octanol–water partition coefficient (Wildman–Crippen LogP) is 5.38. The molecule has 3 aromatic rings. The lowest BCUT2D eigenvalue weighted by molar-refractivity contribution is -0.777. The number of benzene rings is 2. The molecular formula is C28H38ClN4O4S3+. The Labute approximate surface area is 253 Å². The first-order valence-electron chi connectivity index (χ1n) is 13.6. The van der Waals surface area contributed by atoms with E-state index in [0.717, 1.165) is 62.3 Å². The van der Waals surface area contributed by atoms with Crippen molar-refractivity contribution in [3.05, 3.63) is 57.0 Å². The topological polar surface area (TPSA) is 97.5 Å². The molecule has 0 bridgehead atoms. The van der Waals surface area contributed by atoms with Gasteiger partial charge in [-0.1, -0.05) is 47.2 Å². The van der Waals surface area contributed by atoms with Crippen LogP contribution in [-0.2, 0) is 20.8 Å². The second kappa shape index (κ2) is 15.7. The number of hydrogen-bond acceptors (Lipinski definition) is 9. The van der Waals surface area contributed by atoms with Crippen molar-refractivity contribution in [2.45, 2.75) is 76.6 Å². The average molecular weight is 626 g/mol. The summed E-state index contributed by atoms with van der Waals surface area (Å²) < 4.78 is 8.09. The number of rotatable bonds is 16. The normalized spacial score (nSPS) is 15.8. The molecule has 40 heavy (non-hydrogen) atoms. The fraction of sp³-hybridized carbons (Fsp3) is 0.464. The second-order valence-corrected chi connectivity index (χ2v) is 13.4. The van der Waals surface area contributed by atoms with Crippen molar-refractivity contribution in [2.75, 3.05) is 17.2 Å². The Morgan fingerprint density at radius 2 is 2.02 bits per heavy atom. The van der Waals surface area contributed by atoms with Gasteiger partial charge < -0.3 is 15.9 Å². The zero-order valence-corrected chi connectivity index (χ0v) is 26.4. The quantitative estimate of drug-likeness (QED) is 0.0547. The van der Waals surface area contributed by atoms with E-state index in [-0.39, 0.29) is 12.3 Å². The molecule has 0 spiro atoms. The van der Waals surface area contributed by atoms with E-state index < -0.39 is 0 Å². The standard InChI is InChI=1S/C28H37ClN4O4S3/c1-19-9-11-25-23(16-19)33(14-7-15-38-37-36-34)28(39-25)18-27-32(24-17-22(29)10-12-26(24)40-27)13-6-4-5-8-20(2)35-31-21(3)30/h9-12,16-18,20-21,31H,4-8,13-15,30H2,1-3H3/p+1. The van der Waals surface area contributed by atoms with Crippen LogP contribution in [0, 0.1) is 6.92 Å². The summed E-state index contributed by atoms with van der Waals surface area (Å²) in [7, 11) is 0. The molecular weight excluding hydrogens is 588 g/mol. The Kier molecular flexibility index (Phi) is 12.4. The van der Waals surface area contributed by atoms with Crippen LogP contribution in [0.3, 0.4) is 0 Å². The molecule has 0 amide bonds. The predicted molar refractivity (Wildman–Crippen MR) is 163 cm³/mol. The van der Waals surface area contributed by atoms with Gasteiger partial charge in [0.1, 0.15) is 4.70 Å². The molecule has 4 N–H and O–H groups in total. The van der Waals surface area contributed by atoms with Crippen molar-refractivity contribution in [3.8, 4) is 0 Å². The maximum Gasteiger partial charge on any atom is 0.265 e. The summed E-state index contributed by atoms with van der Waals surface area (Å²) in [5.74, 6) is 0.660. The molecule has 0 radical (unpaired) electrons. The van der Waals surface area contributed by atoms with E-state index in [2.05, 4.69) is 80.3 Å². The van der Waals surface area contributed by atoms with Gasteiger partial charge in [-0.05, 0) is 62.9 Å². The van der Waals surface area contributed by atoms with Gasteiger partial charge >= 0.3 is 0 Å². The minimum absolute atomic E-state index is 0.0715. The van der Waals surface area contributed by atoms with Gasteiger partial charge in [-0.3, -0.25) is 9.88 Å². The molecule has 2 aromatic carbocycles. The van der Waals surface area contributed by atoms with E-state index in [1.165, 1.54) is 36.4 Å². The number of hydroxylamine groups is 1. The van der Waals surface area contributed by atoms with Crippen LogP contribution >= 0.6 is 46.7 Å². The van der Waals surface area contributed by atoms with Gasteiger partial charge in [0, 0.05) is 53.7 Å². The summed E-state index contributed by atoms with van der Waals surface area (Å²) in [5.41, 5.74) is 10.5. The summed E-state index contributed by atoms with van der Waals surface area (Å²) >= 11 is 11.1. The lowest BCUT2D eigenvalue weighted by atomic mass is 10.1. The van der Waals surface area contributed by atoms with Crippen LogP contribution in [0.5, 0.6) is 0 Å². The van der Waals surface area contributed by atoms with E-state index in [0.29, 0.717) is 5.75 Å². The molecule has 0 saturated carbocycles. The zero-order chi connectivity index (χ0) is 28.5. The number of anilines is 1. The smallest absolute Gasteiger partial charge is 0.265 e. The highest BCUT2D eigenvalue weighted by Gasteiger charge is 2.28. The number of aryl methyl sites for hydroxylation is 2. The van der Waals surface area contributed by atoms with Crippen LogP contribution in [-0.4, -0.2) is 24.6 Å². The molecule has 1 aromatic heterocycles. The Morgan fingerprint density at radius 1 is 1.18 bits per heavy atom. The first-order valence-corrected chi connectivity index (χ1v) is 16.5. The largest absolute Gasteiger partial charge is 0.691 e. The van der Waals surface area contributed by atoms with Crippen molar-refractivity contribution in [3.63, 3.8) is 0 Å². The van der Waals surface area contributed by atoms with Gasteiger partial charge in [0.25, 0.3) is 5.01 Å². The summed E-state index contributed by atoms with van der Waals surface area (Å²) in [6, 6.07) is 12.7. The number of aromatic nitrogens is 1. The van der Waals surface area contributed by atoms with Crippen molar-refractivity contribution in [2.24, 2.45) is 0 Å². The van der Waals surface area contributed by atoms with E-state index >= 15 is 0 Å². The van der Waals surface area contributed by atoms with Crippen molar-refractivity contribution in [1.82, 2.24) is 5.48 Å². The minimum Gasteiger partial charge on any atom is -0.691 e. The molecule has 0 aliphatic carbocycles. The van der Waals surface area contributed by atoms with Gasteiger partial charge in [-0.25, -0.2) is 0 Å². The van der Waals surface area contributed by atoms with Crippen LogP contribution in [0.25, 0.3) is 16.3 Å². The Morgan fingerprint density at radius 3 is 2.83 bits per heavy atom. The highest BCUT2D eigenvalue weighted by molar-refractivity contribution is 8.04. The summed E-state index contributed by atoms with van der Waals surface area (Å²) in [5, 5.41) is 16.8. The molecule has 1 aliphatic rings. The number of fused-ring (bicyclic) bond motifs is 2. The Bertz CT molecular complexity index is 1290. The molecule has 2 heterocycles. The minimum atomic E-state index is 0.0715. The lowest BCUT2D eigenvalue weighted by Crippen LogP contribution is -2.66. The third-order valence-corrected chi connectivity index (χ3v) is 9.54. The molecule has 0 saturated heterocycles. The first-order chi connectivity index (χ1) is 19.4. The third-order valence-electron chi connectivity index (χ3n) is 6.47. The highest BCUT2D eigenvalue weighted by Crippen LogP contribution is 2.47. The Hall–Kier alpha value is -1.38. The lowest BCUT2D eigenvalue weighted by Gasteiger charge is -2.20. The van der Waals surface area contributed by atoms with Gasteiger partial charge in [0.15, 0.2) is 12.7 Å². The van der Waals surface area contributed by atoms with Gasteiger partial charge in [0.05, 0.1) is 22.9 Å². The van der Waals surface area contributed by atoms with Crippen LogP contribution in [0.2, 0.25) is 5.02 Å². The average Bonchev–Trinajstić information content (AvgIpc) is 3.43. The molecule has 4 rings (SSSR count). The van der Waals surface area contributed by atoms with Crippen LogP contribution < -0.4 is 25.9 Å². The molecule has 0 fully saturated rings. The van der Waals surface area contributed by atoms with Crippen molar-refractivity contribution in [1.29, 1.82) is 0 Å². The number of nitrogens with one attached hydrogen (secondary N) is 1. The number of unbranched alkanes of at least 4 members (excludes halogenated alkanes) is 2. The van der Waals surface area contributed by atoms with Crippen LogP contribution in [0.15, 0.2) is 46.3 Å². The summed E-state index contributed by atoms with van der Waals surface area (Å²) in [6.45, 7) is 7.91. The number of hydrogen-bond donors (Lipinski definition) is 2. The number of halogens is 1. The maximum absolute atomic E-state index is 10.1. The molecule has 8 nitrogen and oxygen atoms in total. The zero-order valence-electron chi connectivity index (χ0n) is 23.2. The van der Waals surface area contributed by atoms with E-state index in [4.69, 9.17) is 16.4 Å². The van der Waals surface area contributed by atoms with Gasteiger partial charge in [-0.2, -0.15) is 8.90 Å². The van der Waals surface area contributed by atoms with E-state index in [1.54, 1.807) is 23.1 Å². The molecule has 1 aliphatic heterocycles. The van der Waals surface area contributed by atoms with Crippen molar-refractivity contribution >= 4 is 68.7 Å². The summed E-state index contributed by atoms with van der Waals surface area (Å²) in [4.78, 5) is 9.26. The SMILES string of the molecule is Cc1ccc2c(c1)N(CCCSOO[O-])C(=Cc1sc3ccc(Cl)cc3[n+]1CCCCCC(C)ONC(C)[NH3+])S2. The highest BCUT2D eigenvalue weighted by atomic mass is 35.5. The third kappa shape index (κ3) is 8.81. The van der Waals surface area contributed by atoms with Crippen LogP contribution in [0.1, 0.15) is 56.5 Å². The Balaban J connectivity index is 1.51. The van der Waals surface area contributed by atoms with Crippen molar-refractivity contribution < 1.29 is 29.8 Å². The maximum atomic E-state index is 10.1. The number of thiazole rings is 1. The number of quaternary nitrogens is 1. The second-order valence-electron chi connectivity index (χ2n) is 10.0. The van der Waals surface area contributed by atoms with Gasteiger partial charge in [-0.15, -0.1) is 5.48 Å². The van der Waals surface area contributed by atoms with E-state index in [9.17, 15) is 5.26 Å². The first kappa shape index (κ1) is 31.6. The summed E-state index contributed by atoms with van der Waals surface area (Å²) in [6.07, 6.45) is 7.68. The monoisotopic (exact) mass is 625 g/mol.